The summed E-state index contributed by atoms with van der Waals surface area (Å²) in [5.74, 6) is 5.19. The summed E-state index contributed by atoms with van der Waals surface area (Å²) in [6, 6.07) is 1.30. The second kappa shape index (κ2) is 4.29. The van der Waals surface area contributed by atoms with E-state index < -0.39 is 11.2 Å². The van der Waals surface area contributed by atoms with Crippen LogP contribution < -0.4 is 22.5 Å². The summed E-state index contributed by atoms with van der Waals surface area (Å²) in [7, 11) is 0. The van der Waals surface area contributed by atoms with Crippen LogP contribution in [0, 0.1) is 0 Å². The van der Waals surface area contributed by atoms with E-state index in [1.165, 1.54) is 28.2 Å². The number of anilines is 1. The van der Waals surface area contributed by atoms with Crippen molar-refractivity contribution in [3.05, 3.63) is 44.2 Å². The number of nitrogens with two attached hydrogens (primary N) is 1. The largest absolute Gasteiger partial charge is 0.328 e. The van der Waals surface area contributed by atoms with E-state index in [0.29, 0.717) is 11.7 Å². The van der Waals surface area contributed by atoms with E-state index in [1.807, 2.05) is 0 Å². The van der Waals surface area contributed by atoms with Crippen LogP contribution in [0.15, 0.2) is 28.0 Å². The van der Waals surface area contributed by atoms with Crippen LogP contribution in [0.3, 0.4) is 0 Å². The summed E-state index contributed by atoms with van der Waals surface area (Å²) in [5.41, 5.74) is 1.57. The van der Waals surface area contributed by atoms with Crippen molar-refractivity contribution >= 4 is 16.5 Å². The molecule has 4 N–H and O–H groups in total. The molecule has 0 aromatic carbocycles. The van der Waals surface area contributed by atoms with Crippen molar-refractivity contribution in [1.82, 2.24) is 14.5 Å². The molecule has 0 radical (unpaired) electrons. The highest BCUT2D eigenvalue weighted by Gasteiger charge is 2.02. The molecule has 0 aliphatic rings. The summed E-state index contributed by atoms with van der Waals surface area (Å²) in [6.07, 6.45) is 3.06. The zero-order chi connectivity index (χ0) is 11.5. The average molecular weight is 239 g/mol. The maximum absolute atomic E-state index is 11.4. The third-order valence-electron chi connectivity index (χ3n) is 1.90. The molecular weight excluding hydrogens is 230 g/mol. The molecule has 16 heavy (non-hydrogen) atoms. The fourth-order valence-electron chi connectivity index (χ4n) is 1.18. The molecule has 0 unspecified atom stereocenters. The second-order valence-corrected chi connectivity index (χ2v) is 4.13. The van der Waals surface area contributed by atoms with E-state index in [2.05, 4.69) is 15.4 Å². The SMILES string of the molecule is NNc1ncc(Cn2ccc(=O)[nH]c2=O)s1. The first kappa shape index (κ1) is 10.6. The smallest absolute Gasteiger partial charge is 0.300 e. The van der Waals surface area contributed by atoms with Gasteiger partial charge < -0.3 is 0 Å². The van der Waals surface area contributed by atoms with Crippen molar-refractivity contribution in [1.29, 1.82) is 0 Å². The quantitative estimate of drug-likeness (QED) is 0.486. The number of aromatic nitrogens is 3. The van der Waals surface area contributed by atoms with Crippen LogP contribution in [0.5, 0.6) is 0 Å². The fraction of sp³-hybridized carbons (Fsp3) is 0.125. The molecule has 0 aliphatic carbocycles. The van der Waals surface area contributed by atoms with Gasteiger partial charge in [0.25, 0.3) is 5.56 Å². The molecule has 2 heterocycles. The Kier molecular flexibility index (Phi) is 2.84. The zero-order valence-electron chi connectivity index (χ0n) is 8.14. The predicted molar refractivity (Wildman–Crippen MR) is 60.3 cm³/mol. The van der Waals surface area contributed by atoms with Crippen LogP contribution in [0.2, 0.25) is 0 Å². The Labute approximate surface area is 93.5 Å². The van der Waals surface area contributed by atoms with Gasteiger partial charge in [0.1, 0.15) is 0 Å². The molecule has 0 spiro atoms. The van der Waals surface area contributed by atoms with E-state index in [9.17, 15) is 9.59 Å². The Bertz CT molecular complexity index is 599. The minimum atomic E-state index is -0.442. The van der Waals surface area contributed by atoms with Crippen molar-refractivity contribution in [2.45, 2.75) is 6.54 Å². The molecule has 7 nitrogen and oxygen atoms in total. The van der Waals surface area contributed by atoms with Gasteiger partial charge in [-0.25, -0.2) is 15.6 Å². The molecule has 0 bridgehead atoms. The summed E-state index contributed by atoms with van der Waals surface area (Å²) in [6.45, 7) is 0.356. The van der Waals surface area contributed by atoms with Gasteiger partial charge in [-0.05, 0) is 0 Å². The Balaban J connectivity index is 2.27. The number of thiazole rings is 1. The summed E-state index contributed by atoms with van der Waals surface area (Å²) in [4.78, 5) is 29.2. The van der Waals surface area contributed by atoms with Crippen molar-refractivity contribution < 1.29 is 0 Å². The van der Waals surface area contributed by atoms with Crippen LogP contribution in [0.4, 0.5) is 5.13 Å². The van der Waals surface area contributed by atoms with Crippen LogP contribution in [0.25, 0.3) is 0 Å². The zero-order valence-corrected chi connectivity index (χ0v) is 8.95. The Morgan fingerprint density at radius 3 is 3.00 bits per heavy atom. The molecule has 2 aromatic heterocycles. The lowest BCUT2D eigenvalue weighted by Crippen LogP contribution is -2.28. The first-order valence-electron chi connectivity index (χ1n) is 4.40. The number of rotatable bonds is 3. The number of nitrogens with zero attached hydrogens (tertiary/aromatic N) is 2. The normalized spacial score (nSPS) is 10.3. The first-order valence-corrected chi connectivity index (χ1v) is 5.22. The molecule has 8 heteroatoms. The van der Waals surface area contributed by atoms with E-state index in [1.54, 1.807) is 6.20 Å². The number of H-pyrrole nitrogens is 1. The maximum atomic E-state index is 11.4. The molecule has 0 saturated heterocycles. The maximum Gasteiger partial charge on any atom is 0.328 e. The Hall–Kier alpha value is -1.93. The lowest BCUT2D eigenvalue weighted by atomic mass is 10.5. The highest BCUT2D eigenvalue weighted by Crippen LogP contribution is 2.16. The van der Waals surface area contributed by atoms with Gasteiger partial charge in [-0.2, -0.15) is 0 Å². The fourth-order valence-corrected chi connectivity index (χ4v) is 1.91. The number of hydrogen-bond acceptors (Lipinski definition) is 6. The van der Waals surface area contributed by atoms with Crippen LogP contribution in [-0.2, 0) is 6.54 Å². The number of hydrazine groups is 1. The average Bonchev–Trinajstić information content (AvgIpc) is 2.70. The summed E-state index contributed by atoms with van der Waals surface area (Å²) >= 11 is 1.34. The van der Waals surface area contributed by atoms with Crippen molar-refractivity contribution in [3.8, 4) is 0 Å². The van der Waals surface area contributed by atoms with Crippen molar-refractivity contribution in [2.24, 2.45) is 5.84 Å². The van der Waals surface area contributed by atoms with Crippen LogP contribution in [-0.4, -0.2) is 14.5 Å². The topological polar surface area (TPSA) is 106 Å². The van der Waals surface area contributed by atoms with Crippen LogP contribution in [0.1, 0.15) is 4.88 Å². The monoisotopic (exact) mass is 239 g/mol. The molecule has 2 aromatic rings. The van der Waals surface area contributed by atoms with Gasteiger partial charge in [0, 0.05) is 23.3 Å². The third kappa shape index (κ3) is 2.18. The van der Waals surface area contributed by atoms with Gasteiger partial charge in [0.15, 0.2) is 5.13 Å². The third-order valence-corrected chi connectivity index (χ3v) is 2.81. The van der Waals surface area contributed by atoms with E-state index in [4.69, 9.17) is 5.84 Å². The van der Waals surface area contributed by atoms with E-state index in [-0.39, 0.29) is 0 Å². The Morgan fingerprint density at radius 1 is 1.56 bits per heavy atom. The summed E-state index contributed by atoms with van der Waals surface area (Å²) in [5, 5.41) is 0.576. The molecule has 2 rings (SSSR count). The van der Waals surface area contributed by atoms with Gasteiger partial charge in [0.05, 0.1) is 6.54 Å². The van der Waals surface area contributed by atoms with Gasteiger partial charge >= 0.3 is 5.69 Å². The Morgan fingerprint density at radius 2 is 2.38 bits per heavy atom. The van der Waals surface area contributed by atoms with Gasteiger partial charge in [0.2, 0.25) is 0 Å². The molecule has 84 valence electrons. The molecule has 0 amide bonds. The lowest BCUT2D eigenvalue weighted by molar-refractivity contribution is 0.727. The minimum absolute atomic E-state index is 0.356. The summed E-state index contributed by atoms with van der Waals surface area (Å²) < 4.78 is 1.38. The van der Waals surface area contributed by atoms with Gasteiger partial charge in [-0.3, -0.25) is 19.8 Å². The number of aromatic amines is 1. The molecule has 0 fully saturated rings. The molecule has 0 aliphatic heterocycles. The predicted octanol–water partition coefficient (Wildman–Crippen LogP) is -0.673. The van der Waals surface area contributed by atoms with Crippen molar-refractivity contribution in [3.63, 3.8) is 0 Å². The molecular formula is C8H9N5O2S. The standard InChI is InChI=1S/C8H9N5O2S/c9-12-7-10-3-5(16-7)4-13-2-1-6(14)11-8(13)15/h1-3H,4,9H2,(H,10,12)(H,11,14,15). The number of nitrogens with one attached hydrogen (secondary N) is 2. The van der Waals surface area contributed by atoms with Crippen molar-refractivity contribution in [2.75, 3.05) is 5.43 Å². The van der Waals surface area contributed by atoms with E-state index >= 15 is 0 Å². The number of hydrogen-bond donors (Lipinski definition) is 3. The first-order chi connectivity index (χ1) is 7.69. The lowest BCUT2D eigenvalue weighted by Gasteiger charge is -2.00. The van der Waals surface area contributed by atoms with E-state index in [0.717, 1.165) is 4.88 Å². The molecule has 0 atom stereocenters. The van der Waals surface area contributed by atoms with Gasteiger partial charge in [-0.1, -0.05) is 11.3 Å². The number of nitrogen functional groups attached to an aromatic ring is 1. The van der Waals surface area contributed by atoms with Crippen LogP contribution >= 0.6 is 11.3 Å². The minimum Gasteiger partial charge on any atom is -0.300 e. The highest BCUT2D eigenvalue weighted by molar-refractivity contribution is 7.15. The van der Waals surface area contributed by atoms with Gasteiger partial charge in [-0.15, -0.1) is 0 Å². The molecule has 0 saturated carbocycles. The highest BCUT2D eigenvalue weighted by atomic mass is 32.1. The second-order valence-electron chi connectivity index (χ2n) is 3.01.